The molecule has 0 radical (unpaired) electrons. The molecule has 0 spiro atoms. The van der Waals surface area contributed by atoms with Gasteiger partial charge in [-0.2, -0.15) is 0 Å². The first-order valence-corrected chi connectivity index (χ1v) is 18.1. The highest BCUT2D eigenvalue weighted by atomic mass is 16.3. The third-order valence-electron chi connectivity index (χ3n) is 10.4. The summed E-state index contributed by atoms with van der Waals surface area (Å²) >= 11 is 0. The lowest BCUT2D eigenvalue weighted by molar-refractivity contribution is 0.669. The second kappa shape index (κ2) is 12.1. The summed E-state index contributed by atoms with van der Waals surface area (Å²) in [6, 6.07) is 63.4. The van der Waals surface area contributed by atoms with Crippen LogP contribution in [0.25, 0.3) is 105 Å². The molecule has 11 aromatic rings. The molecule has 3 heterocycles. The monoisotopic (exact) mass is 690 g/mol. The van der Waals surface area contributed by atoms with E-state index in [1.165, 1.54) is 32.7 Å². The van der Waals surface area contributed by atoms with Crippen molar-refractivity contribution in [2.75, 3.05) is 0 Å². The Kier molecular flexibility index (Phi) is 6.79. The number of hydrogen-bond acceptors (Lipinski definition) is 4. The van der Waals surface area contributed by atoms with Crippen LogP contribution in [-0.4, -0.2) is 19.5 Å². The summed E-state index contributed by atoms with van der Waals surface area (Å²) in [4.78, 5) is 15.1. The Hall–Kier alpha value is -7.37. The maximum absolute atomic E-state index is 6.53. The van der Waals surface area contributed by atoms with Gasteiger partial charge in [0, 0.05) is 43.9 Å². The van der Waals surface area contributed by atoms with E-state index >= 15 is 0 Å². The van der Waals surface area contributed by atoms with Crippen LogP contribution >= 0.6 is 0 Å². The van der Waals surface area contributed by atoms with Crippen molar-refractivity contribution in [2.45, 2.75) is 0 Å². The first-order valence-electron chi connectivity index (χ1n) is 18.1. The van der Waals surface area contributed by atoms with E-state index in [-0.39, 0.29) is 0 Å². The molecule has 5 nitrogen and oxygen atoms in total. The second-order valence-corrected chi connectivity index (χ2v) is 13.6. The zero-order valence-corrected chi connectivity index (χ0v) is 29.0. The van der Waals surface area contributed by atoms with E-state index in [2.05, 4.69) is 114 Å². The van der Waals surface area contributed by atoms with Crippen LogP contribution < -0.4 is 0 Å². The summed E-state index contributed by atoms with van der Waals surface area (Å²) in [5.41, 5.74) is 10.1. The minimum Gasteiger partial charge on any atom is -0.456 e. The Labute approximate surface area is 310 Å². The van der Waals surface area contributed by atoms with Gasteiger partial charge in [0.25, 0.3) is 0 Å². The standard InChI is InChI=1S/C49H30N4O/c1-4-13-31(14-5-1)36-23-25-42-39(28-36)40-27-34-19-10-11-20-35(34)29-43(40)53(42)37-24-26-44-41(30-37)46-38(21-12-22-45(46)54-44)49-51-47(32-15-6-2-7-16-32)50-48(52-49)33-17-8-3-9-18-33/h1-30H. The van der Waals surface area contributed by atoms with Gasteiger partial charge in [0.2, 0.25) is 0 Å². The zero-order valence-electron chi connectivity index (χ0n) is 29.0. The molecule has 8 aromatic carbocycles. The average molecular weight is 691 g/mol. The van der Waals surface area contributed by atoms with E-state index in [0.29, 0.717) is 17.5 Å². The van der Waals surface area contributed by atoms with Crippen LogP contribution in [0.15, 0.2) is 186 Å². The molecule has 252 valence electrons. The molecule has 0 atom stereocenters. The van der Waals surface area contributed by atoms with E-state index < -0.39 is 0 Å². The Morgan fingerprint density at radius 2 is 0.981 bits per heavy atom. The predicted octanol–water partition coefficient (Wildman–Crippen LogP) is 12.7. The topological polar surface area (TPSA) is 56.7 Å². The molecule has 0 fully saturated rings. The Morgan fingerprint density at radius 1 is 0.370 bits per heavy atom. The number of hydrogen-bond donors (Lipinski definition) is 0. The van der Waals surface area contributed by atoms with Crippen molar-refractivity contribution in [3.8, 4) is 51.0 Å². The van der Waals surface area contributed by atoms with Crippen LogP contribution in [0.4, 0.5) is 0 Å². The van der Waals surface area contributed by atoms with E-state index in [1.54, 1.807) is 0 Å². The van der Waals surface area contributed by atoms with Crippen LogP contribution in [0, 0.1) is 0 Å². The van der Waals surface area contributed by atoms with Gasteiger partial charge in [0.1, 0.15) is 11.2 Å². The van der Waals surface area contributed by atoms with Crippen molar-refractivity contribution in [2.24, 2.45) is 0 Å². The molecular weight excluding hydrogens is 661 g/mol. The number of nitrogens with zero attached hydrogens (tertiary/aromatic N) is 4. The molecule has 0 N–H and O–H groups in total. The highest BCUT2D eigenvalue weighted by molar-refractivity contribution is 6.16. The molecule has 5 heteroatoms. The van der Waals surface area contributed by atoms with E-state index in [9.17, 15) is 0 Å². The average Bonchev–Trinajstić information content (AvgIpc) is 3.78. The van der Waals surface area contributed by atoms with Gasteiger partial charge >= 0.3 is 0 Å². The molecule has 0 unspecified atom stereocenters. The first kappa shape index (κ1) is 30.3. The van der Waals surface area contributed by atoms with Crippen LogP contribution in [0.2, 0.25) is 0 Å². The molecule has 0 amide bonds. The Balaban J connectivity index is 1.16. The number of benzene rings is 8. The molecule has 0 aliphatic rings. The SMILES string of the molecule is c1ccc(-c2ccc3c(c2)c2cc4ccccc4cc2n3-c2ccc3oc4cccc(-c5nc(-c6ccccc6)nc(-c6ccccc6)n5)c4c3c2)cc1. The normalized spacial score (nSPS) is 11.7. The Bertz CT molecular complexity index is 3140. The van der Waals surface area contributed by atoms with Gasteiger partial charge in [0.15, 0.2) is 17.5 Å². The first-order chi connectivity index (χ1) is 26.7. The highest BCUT2D eigenvalue weighted by Crippen LogP contribution is 2.41. The molecule has 0 bridgehead atoms. The quantitative estimate of drug-likeness (QED) is 0.180. The molecule has 0 aliphatic carbocycles. The van der Waals surface area contributed by atoms with Gasteiger partial charge in [-0.25, -0.2) is 15.0 Å². The highest BCUT2D eigenvalue weighted by Gasteiger charge is 2.20. The van der Waals surface area contributed by atoms with Crippen LogP contribution in [0.5, 0.6) is 0 Å². The van der Waals surface area contributed by atoms with Crippen molar-refractivity contribution in [3.63, 3.8) is 0 Å². The summed E-state index contributed by atoms with van der Waals surface area (Å²) in [6.45, 7) is 0. The lowest BCUT2D eigenvalue weighted by Crippen LogP contribution is -2.00. The summed E-state index contributed by atoms with van der Waals surface area (Å²) in [7, 11) is 0. The lowest BCUT2D eigenvalue weighted by atomic mass is 10.0. The molecule has 54 heavy (non-hydrogen) atoms. The van der Waals surface area contributed by atoms with Gasteiger partial charge in [-0.05, 0) is 70.4 Å². The second-order valence-electron chi connectivity index (χ2n) is 13.6. The molecular formula is C49H30N4O. The van der Waals surface area contributed by atoms with E-state index in [0.717, 1.165) is 55.3 Å². The predicted molar refractivity (Wildman–Crippen MR) is 221 cm³/mol. The number of furan rings is 1. The number of aromatic nitrogens is 4. The molecule has 0 saturated carbocycles. The van der Waals surface area contributed by atoms with Gasteiger partial charge < -0.3 is 8.98 Å². The van der Waals surface area contributed by atoms with E-state index in [4.69, 9.17) is 19.4 Å². The van der Waals surface area contributed by atoms with Crippen molar-refractivity contribution < 1.29 is 4.42 Å². The van der Waals surface area contributed by atoms with Gasteiger partial charge in [0.05, 0.1) is 11.0 Å². The number of fused-ring (bicyclic) bond motifs is 7. The maximum atomic E-state index is 6.53. The smallest absolute Gasteiger partial charge is 0.164 e. The van der Waals surface area contributed by atoms with Crippen molar-refractivity contribution >= 4 is 54.5 Å². The fourth-order valence-corrected chi connectivity index (χ4v) is 7.86. The Morgan fingerprint density at radius 3 is 1.69 bits per heavy atom. The third kappa shape index (κ3) is 4.90. The van der Waals surface area contributed by atoms with Gasteiger partial charge in [-0.15, -0.1) is 0 Å². The molecule has 0 saturated heterocycles. The fraction of sp³-hybridized carbons (Fsp3) is 0. The van der Waals surface area contributed by atoms with Gasteiger partial charge in [-0.1, -0.05) is 133 Å². The number of rotatable bonds is 5. The van der Waals surface area contributed by atoms with Crippen molar-refractivity contribution in [1.29, 1.82) is 0 Å². The molecule has 11 rings (SSSR count). The largest absolute Gasteiger partial charge is 0.456 e. The summed E-state index contributed by atoms with van der Waals surface area (Å²) < 4.78 is 8.92. The zero-order chi connectivity index (χ0) is 35.6. The summed E-state index contributed by atoms with van der Waals surface area (Å²) in [5.74, 6) is 1.84. The molecule has 0 aliphatic heterocycles. The lowest BCUT2D eigenvalue weighted by Gasteiger charge is -2.10. The molecule has 3 aromatic heterocycles. The maximum Gasteiger partial charge on any atom is 0.164 e. The summed E-state index contributed by atoms with van der Waals surface area (Å²) in [6.07, 6.45) is 0. The fourth-order valence-electron chi connectivity index (χ4n) is 7.86. The van der Waals surface area contributed by atoms with Crippen LogP contribution in [0.3, 0.4) is 0 Å². The minimum atomic E-state index is 0.596. The van der Waals surface area contributed by atoms with Crippen molar-refractivity contribution in [3.05, 3.63) is 182 Å². The van der Waals surface area contributed by atoms with Crippen LogP contribution in [-0.2, 0) is 0 Å². The van der Waals surface area contributed by atoms with Crippen LogP contribution in [0.1, 0.15) is 0 Å². The summed E-state index contributed by atoms with van der Waals surface area (Å²) in [5, 5.41) is 6.81. The minimum absolute atomic E-state index is 0.596. The van der Waals surface area contributed by atoms with Gasteiger partial charge in [-0.3, -0.25) is 0 Å². The third-order valence-corrected chi connectivity index (χ3v) is 10.4. The van der Waals surface area contributed by atoms with E-state index in [1.807, 2.05) is 72.8 Å². The van der Waals surface area contributed by atoms with Crippen molar-refractivity contribution in [1.82, 2.24) is 19.5 Å².